The lowest BCUT2D eigenvalue weighted by Crippen LogP contribution is -2.36. The van der Waals surface area contributed by atoms with Crippen LogP contribution in [0.4, 0.5) is 0 Å². The van der Waals surface area contributed by atoms with E-state index in [1.807, 2.05) is 0 Å². The third kappa shape index (κ3) is 6.37. The van der Waals surface area contributed by atoms with Crippen molar-refractivity contribution in [2.75, 3.05) is 13.1 Å². The van der Waals surface area contributed by atoms with E-state index < -0.39 is 0 Å². The summed E-state index contributed by atoms with van der Waals surface area (Å²) in [6.07, 6.45) is 0. The Bertz CT molecular complexity index is 2120. The summed E-state index contributed by atoms with van der Waals surface area (Å²) < 4.78 is 9.43. The molecule has 4 heterocycles. The van der Waals surface area contributed by atoms with E-state index >= 15 is 0 Å². The number of fused-ring (bicyclic) bond motifs is 4. The lowest BCUT2D eigenvalue weighted by Gasteiger charge is -2.28. The van der Waals surface area contributed by atoms with E-state index in [0.29, 0.717) is 26.2 Å². The van der Waals surface area contributed by atoms with E-state index in [2.05, 4.69) is 153 Å². The molecule has 8 rings (SSSR count). The van der Waals surface area contributed by atoms with E-state index in [-0.39, 0.29) is 0 Å². The number of para-hydroxylation sites is 8. The maximum atomic E-state index is 5.16. The van der Waals surface area contributed by atoms with Crippen LogP contribution in [0, 0.1) is 0 Å². The molecule has 266 valence electrons. The number of benzene rings is 4. The van der Waals surface area contributed by atoms with Crippen LogP contribution < -0.4 is 0 Å². The van der Waals surface area contributed by atoms with Crippen molar-refractivity contribution in [2.24, 2.45) is 0 Å². The Morgan fingerprint density at radius 3 is 0.827 bits per heavy atom. The van der Waals surface area contributed by atoms with Crippen LogP contribution in [0.15, 0.2) is 97.1 Å². The summed E-state index contributed by atoms with van der Waals surface area (Å²) in [6, 6.07) is 33.9. The quantitative estimate of drug-likeness (QED) is 0.109. The zero-order chi connectivity index (χ0) is 35.6. The highest BCUT2D eigenvalue weighted by molar-refractivity contribution is 5.78. The molecule has 0 saturated carbocycles. The van der Waals surface area contributed by atoms with Gasteiger partial charge >= 0.3 is 0 Å². The summed E-state index contributed by atoms with van der Waals surface area (Å²) in [5, 5.41) is 0. The lowest BCUT2D eigenvalue weighted by atomic mass is 10.3. The standard InChI is InChI=1S/C42H48N10/c1-5-49-35-21-13-9-17-31(35)43-39(49)27-47(28-40-44-32-18-10-14-22-36(32)50(40)6-2)25-26-48(29-41-45-33-19-11-15-23-37(33)51(41)7-3)30-42-46-34-20-12-16-24-38(34)52(42)8-4/h9-24H,5-8,25-30H2,1-4H3. The Balaban J connectivity index is 1.16. The monoisotopic (exact) mass is 692 g/mol. The van der Waals surface area contributed by atoms with E-state index in [0.717, 1.165) is 84.6 Å². The average molecular weight is 693 g/mol. The topological polar surface area (TPSA) is 77.8 Å². The van der Waals surface area contributed by atoms with Gasteiger partial charge in [-0.05, 0) is 76.2 Å². The van der Waals surface area contributed by atoms with Gasteiger partial charge in [0.15, 0.2) is 0 Å². The van der Waals surface area contributed by atoms with Gasteiger partial charge in [-0.3, -0.25) is 9.80 Å². The highest BCUT2D eigenvalue weighted by Gasteiger charge is 2.22. The molecular weight excluding hydrogens is 645 g/mol. The van der Waals surface area contributed by atoms with Crippen molar-refractivity contribution >= 4 is 44.1 Å². The Hall–Kier alpha value is -5.32. The third-order valence-electron chi connectivity index (χ3n) is 10.4. The minimum Gasteiger partial charge on any atom is -0.327 e. The molecule has 52 heavy (non-hydrogen) atoms. The molecule has 4 aromatic heterocycles. The van der Waals surface area contributed by atoms with Gasteiger partial charge in [-0.15, -0.1) is 0 Å². The van der Waals surface area contributed by atoms with Gasteiger partial charge in [0.1, 0.15) is 23.3 Å². The first-order valence-electron chi connectivity index (χ1n) is 18.8. The SMILES string of the molecule is CCn1c(CN(CCN(Cc2nc3ccccc3n2CC)Cc2nc3ccccc3n2CC)Cc2nc3ccccc3n2CC)nc2ccccc21. The van der Waals surface area contributed by atoms with E-state index in [1.54, 1.807) is 0 Å². The van der Waals surface area contributed by atoms with Crippen LogP contribution in [0.25, 0.3) is 44.1 Å². The summed E-state index contributed by atoms with van der Waals surface area (Å²) in [5.41, 5.74) is 8.88. The summed E-state index contributed by atoms with van der Waals surface area (Å²) >= 11 is 0. The average Bonchev–Trinajstić information content (AvgIpc) is 3.92. The van der Waals surface area contributed by atoms with Crippen LogP contribution in [-0.2, 0) is 52.4 Å². The van der Waals surface area contributed by atoms with E-state index in [9.17, 15) is 0 Å². The molecule has 0 amide bonds. The van der Waals surface area contributed by atoms with Gasteiger partial charge in [0.05, 0.1) is 70.3 Å². The summed E-state index contributed by atoms with van der Waals surface area (Å²) in [7, 11) is 0. The fourth-order valence-electron chi connectivity index (χ4n) is 7.91. The fourth-order valence-corrected chi connectivity index (χ4v) is 7.91. The van der Waals surface area contributed by atoms with Crippen molar-refractivity contribution in [1.82, 2.24) is 48.0 Å². The molecule has 0 spiro atoms. The first-order chi connectivity index (χ1) is 25.6. The Morgan fingerprint density at radius 1 is 0.365 bits per heavy atom. The van der Waals surface area contributed by atoms with Crippen molar-refractivity contribution in [3.05, 3.63) is 120 Å². The summed E-state index contributed by atoms with van der Waals surface area (Å²) in [5.74, 6) is 4.31. The molecule has 0 fully saturated rings. The zero-order valence-corrected chi connectivity index (χ0v) is 30.8. The van der Waals surface area contributed by atoms with E-state index in [4.69, 9.17) is 19.9 Å². The molecule has 0 aliphatic carbocycles. The Labute approximate surface area is 305 Å². The predicted octanol–water partition coefficient (Wildman–Crippen LogP) is 7.87. The van der Waals surface area contributed by atoms with Crippen molar-refractivity contribution < 1.29 is 0 Å². The molecule has 0 aliphatic heterocycles. The van der Waals surface area contributed by atoms with Crippen molar-refractivity contribution in [2.45, 2.75) is 80.1 Å². The molecule has 0 bridgehead atoms. The number of aromatic nitrogens is 8. The molecule has 0 aliphatic rings. The van der Waals surface area contributed by atoms with Gasteiger partial charge in [-0.25, -0.2) is 19.9 Å². The number of rotatable bonds is 15. The predicted molar refractivity (Wildman–Crippen MR) is 210 cm³/mol. The number of imidazole rings is 4. The molecule has 0 N–H and O–H groups in total. The fraction of sp³-hybridized carbons (Fsp3) is 0.333. The first-order valence-corrected chi connectivity index (χ1v) is 18.8. The second-order valence-corrected chi connectivity index (χ2v) is 13.5. The van der Waals surface area contributed by atoms with Crippen LogP contribution in [-0.4, -0.2) is 61.1 Å². The number of hydrogen-bond acceptors (Lipinski definition) is 6. The number of aryl methyl sites for hydroxylation is 4. The van der Waals surface area contributed by atoms with Gasteiger partial charge in [-0.2, -0.15) is 0 Å². The molecular formula is C42H48N10. The zero-order valence-electron chi connectivity index (χ0n) is 30.8. The number of nitrogens with zero attached hydrogens (tertiary/aromatic N) is 10. The van der Waals surface area contributed by atoms with Gasteiger partial charge in [-0.1, -0.05) is 48.5 Å². The van der Waals surface area contributed by atoms with Crippen molar-refractivity contribution in [3.63, 3.8) is 0 Å². The van der Waals surface area contributed by atoms with E-state index in [1.165, 1.54) is 22.1 Å². The van der Waals surface area contributed by atoms with Crippen molar-refractivity contribution in [1.29, 1.82) is 0 Å². The number of hydrogen-bond donors (Lipinski definition) is 0. The largest absolute Gasteiger partial charge is 0.327 e. The smallest absolute Gasteiger partial charge is 0.124 e. The van der Waals surface area contributed by atoms with Gasteiger partial charge in [0, 0.05) is 39.3 Å². The molecule has 4 aromatic carbocycles. The van der Waals surface area contributed by atoms with Crippen molar-refractivity contribution in [3.8, 4) is 0 Å². The first kappa shape index (κ1) is 33.8. The summed E-state index contributed by atoms with van der Waals surface area (Å²) in [6.45, 7) is 16.8. The molecule has 0 saturated heterocycles. The Kier molecular flexibility index (Phi) is 9.58. The summed E-state index contributed by atoms with van der Waals surface area (Å²) in [4.78, 5) is 25.7. The minimum absolute atomic E-state index is 0.713. The maximum absolute atomic E-state index is 5.16. The molecule has 0 radical (unpaired) electrons. The second kappa shape index (κ2) is 14.7. The van der Waals surface area contributed by atoms with Crippen LogP contribution in [0.1, 0.15) is 51.0 Å². The highest BCUT2D eigenvalue weighted by Crippen LogP contribution is 2.23. The van der Waals surface area contributed by atoms with Crippen LogP contribution in [0.5, 0.6) is 0 Å². The van der Waals surface area contributed by atoms with Gasteiger partial charge in [0.25, 0.3) is 0 Å². The van der Waals surface area contributed by atoms with Crippen LogP contribution in [0.3, 0.4) is 0 Å². The molecule has 8 aromatic rings. The molecule has 10 nitrogen and oxygen atoms in total. The normalized spacial score (nSPS) is 12.2. The Morgan fingerprint density at radius 2 is 0.596 bits per heavy atom. The minimum atomic E-state index is 0.713. The van der Waals surface area contributed by atoms with Crippen LogP contribution >= 0.6 is 0 Å². The van der Waals surface area contributed by atoms with Crippen LogP contribution in [0.2, 0.25) is 0 Å². The highest BCUT2D eigenvalue weighted by atomic mass is 15.3. The molecule has 0 unspecified atom stereocenters. The van der Waals surface area contributed by atoms with Gasteiger partial charge < -0.3 is 18.3 Å². The maximum Gasteiger partial charge on any atom is 0.124 e. The van der Waals surface area contributed by atoms with Gasteiger partial charge in [0.2, 0.25) is 0 Å². The lowest BCUT2D eigenvalue weighted by molar-refractivity contribution is 0.168. The molecule has 0 atom stereocenters. The third-order valence-corrected chi connectivity index (χ3v) is 10.4. The second-order valence-electron chi connectivity index (χ2n) is 13.5. The molecule has 10 heteroatoms.